The Morgan fingerprint density at radius 1 is 1.20 bits per heavy atom. The lowest BCUT2D eigenvalue weighted by molar-refractivity contribution is 0.398. The molecule has 0 atom stereocenters. The highest BCUT2D eigenvalue weighted by molar-refractivity contribution is 6.45. The number of hydrogen-bond donors (Lipinski definition) is 0. The number of methoxy groups -OCH3 is 1. The Kier molecular flexibility index (Phi) is 4.72. The van der Waals surface area contributed by atoms with Gasteiger partial charge in [0.1, 0.15) is 0 Å². The fraction of sp³-hybridized carbons (Fsp3) is 0.143. The van der Waals surface area contributed by atoms with Gasteiger partial charge in [-0.05, 0) is 24.3 Å². The van der Waals surface area contributed by atoms with Crippen molar-refractivity contribution in [2.45, 2.75) is 6.42 Å². The summed E-state index contributed by atoms with van der Waals surface area (Å²) in [5, 5.41) is 9.91. The van der Waals surface area contributed by atoms with E-state index in [-0.39, 0.29) is 6.42 Å². The highest BCUT2D eigenvalue weighted by Crippen LogP contribution is 2.39. The molecule has 0 amide bonds. The average molecular weight is 328 g/mol. The maximum Gasteiger partial charge on any atom is 0.221 e. The van der Waals surface area contributed by atoms with Crippen LogP contribution in [0, 0.1) is 11.3 Å². The summed E-state index contributed by atoms with van der Waals surface area (Å²) in [5.41, 5.74) is 1.93. The summed E-state index contributed by atoms with van der Waals surface area (Å²) in [7, 11) is 1.50. The Balaban J connectivity index is 2.61. The molecule has 2 aromatic rings. The molecule has 0 aliphatic rings. The predicted molar refractivity (Wildman–Crippen MR) is 80.6 cm³/mol. The molecule has 0 saturated carbocycles. The van der Waals surface area contributed by atoms with Crippen LogP contribution < -0.4 is 4.74 Å². The summed E-state index contributed by atoms with van der Waals surface area (Å²) in [6.45, 7) is 0. The predicted octanol–water partition coefficient (Wildman–Crippen LogP) is 4.78. The number of aromatic nitrogens is 1. The summed E-state index contributed by atoms with van der Waals surface area (Å²) in [4.78, 5) is 4.27. The molecule has 0 aliphatic heterocycles. The molecular weight excluding hydrogens is 319 g/mol. The summed E-state index contributed by atoms with van der Waals surface area (Å²) >= 11 is 18.2. The minimum Gasteiger partial charge on any atom is -0.481 e. The van der Waals surface area contributed by atoms with Crippen molar-refractivity contribution in [3.05, 3.63) is 45.0 Å². The molecule has 6 heteroatoms. The zero-order chi connectivity index (χ0) is 14.7. The van der Waals surface area contributed by atoms with Crippen LogP contribution in [0.3, 0.4) is 0 Å². The lowest BCUT2D eigenvalue weighted by atomic mass is 10.1. The smallest absolute Gasteiger partial charge is 0.221 e. The third-order valence-corrected chi connectivity index (χ3v) is 3.67. The fourth-order valence-electron chi connectivity index (χ4n) is 1.77. The first-order chi connectivity index (χ1) is 9.56. The Labute approximate surface area is 131 Å². The van der Waals surface area contributed by atoms with Crippen molar-refractivity contribution in [2.24, 2.45) is 0 Å². The van der Waals surface area contributed by atoms with Crippen LogP contribution in [0.15, 0.2) is 24.3 Å². The summed E-state index contributed by atoms with van der Waals surface area (Å²) in [6.07, 6.45) is 0.209. The first-order valence-corrected chi connectivity index (χ1v) is 6.76. The van der Waals surface area contributed by atoms with Gasteiger partial charge in [0.05, 0.1) is 35.3 Å². The van der Waals surface area contributed by atoms with E-state index in [1.807, 2.05) is 6.07 Å². The van der Waals surface area contributed by atoms with Gasteiger partial charge in [0.2, 0.25) is 5.88 Å². The van der Waals surface area contributed by atoms with Gasteiger partial charge < -0.3 is 4.74 Å². The van der Waals surface area contributed by atoms with Crippen molar-refractivity contribution < 1.29 is 4.74 Å². The second-order valence-electron chi connectivity index (χ2n) is 3.94. The number of ether oxygens (including phenoxy) is 1. The highest BCUT2D eigenvalue weighted by Gasteiger charge is 2.15. The second kappa shape index (κ2) is 6.32. The Morgan fingerprint density at radius 2 is 1.95 bits per heavy atom. The van der Waals surface area contributed by atoms with E-state index >= 15 is 0 Å². The number of nitriles is 1. The molecule has 0 fully saturated rings. The van der Waals surface area contributed by atoms with Crippen LogP contribution in [0.4, 0.5) is 0 Å². The van der Waals surface area contributed by atoms with E-state index in [0.717, 1.165) is 0 Å². The molecule has 0 saturated heterocycles. The molecule has 1 aromatic carbocycles. The van der Waals surface area contributed by atoms with E-state index in [0.29, 0.717) is 37.8 Å². The number of pyridine rings is 1. The Morgan fingerprint density at radius 3 is 2.60 bits per heavy atom. The van der Waals surface area contributed by atoms with Crippen LogP contribution in [0.1, 0.15) is 5.69 Å². The van der Waals surface area contributed by atoms with Crippen LogP contribution in [-0.2, 0) is 6.42 Å². The highest BCUT2D eigenvalue weighted by atomic mass is 35.5. The SMILES string of the molecule is COc1nc(CC#N)ccc1-c1cc(Cl)cc(Cl)c1Cl. The average Bonchev–Trinajstić information content (AvgIpc) is 2.43. The van der Waals surface area contributed by atoms with E-state index in [4.69, 9.17) is 44.8 Å². The monoisotopic (exact) mass is 326 g/mol. The third kappa shape index (κ3) is 2.99. The van der Waals surface area contributed by atoms with Gasteiger partial charge in [0, 0.05) is 16.1 Å². The van der Waals surface area contributed by atoms with E-state index in [1.54, 1.807) is 24.3 Å². The van der Waals surface area contributed by atoms with Crippen molar-refractivity contribution in [1.82, 2.24) is 4.98 Å². The number of nitrogens with zero attached hydrogens (tertiary/aromatic N) is 2. The van der Waals surface area contributed by atoms with Crippen LogP contribution in [0.25, 0.3) is 11.1 Å². The van der Waals surface area contributed by atoms with Crippen LogP contribution >= 0.6 is 34.8 Å². The molecule has 3 nitrogen and oxygen atoms in total. The van der Waals surface area contributed by atoms with Gasteiger partial charge in [-0.2, -0.15) is 5.26 Å². The van der Waals surface area contributed by atoms with Gasteiger partial charge in [-0.15, -0.1) is 0 Å². The lowest BCUT2D eigenvalue weighted by Crippen LogP contribution is -1.96. The molecule has 0 unspecified atom stereocenters. The third-order valence-electron chi connectivity index (χ3n) is 2.65. The molecule has 0 bridgehead atoms. The molecule has 2 rings (SSSR count). The number of rotatable bonds is 3. The van der Waals surface area contributed by atoms with Crippen LogP contribution in [0.2, 0.25) is 15.1 Å². The normalized spacial score (nSPS) is 10.2. The van der Waals surface area contributed by atoms with Gasteiger partial charge in [0.15, 0.2) is 0 Å². The van der Waals surface area contributed by atoms with Crippen molar-refractivity contribution in [2.75, 3.05) is 7.11 Å². The van der Waals surface area contributed by atoms with Crippen LogP contribution in [0.5, 0.6) is 5.88 Å². The number of halogens is 3. The Bertz CT molecular complexity index is 696. The van der Waals surface area contributed by atoms with Crippen molar-refractivity contribution in [3.63, 3.8) is 0 Å². The quantitative estimate of drug-likeness (QED) is 0.762. The topological polar surface area (TPSA) is 45.9 Å². The minimum absolute atomic E-state index is 0.209. The second-order valence-corrected chi connectivity index (χ2v) is 5.17. The van der Waals surface area contributed by atoms with Gasteiger partial charge in [-0.25, -0.2) is 4.98 Å². The summed E-state index contributed by atoms with van der Waals surface area (Å²) in [6, 6.07) is 8.83. The molecular formula is C14H9Cl3N2O. The largest absolute Gasteiger partial charge is 0.481 e. The number of hydrogen-bond acceptors (Lipinski definition) is 3. The molecule has 1 heterocycles. The van der Waals surface area contributed by atoms with Gasteiger partial charge in [0.25, 0.3) is 0 Å². The van der Waals surface area contributed by atoms with E-state index in [2.05, 4.69) is 4.98 Å². The summed E-state index contributed by atoms with van der Waals surface area (Å²) in [5.74, 6) is 0.373. The lowest BCUT2D eigenvalue weighted by Gasteiger charge is -2.11. The number of benzene rings is 1. The molecule has 0 radical (unpaired) electrons. The van der Waals surface area contributed by atoms with Gasteiger partial charge >= 0.3 is 0 Å². The van der Waals surface area contributed by atoms with Crippen molar-refractivity contribution in [1.29, 1.82) is 5.26 Å². The summed E-state index contributed by atoms with van der Waals surface area (Å²) < 4.78 is 5.26. The zero-order valence-corrected chi connectivity index (χ0v) is 12.7. The van der Waals surface area contributed by atoms with E-state index in [1.165, 1.54) is 7.11 Å². The standard InChI is InChI=1S/C14H9Cl3N2O/c1-20-14-10(3-2-9(19-14)4-5-18)11-6-8(15)7-12(16)13(11)17/h2-3,6-7H,4H2,1H3. The molecule has 1 aromatic heterocycles. The van der Waals surface area contributed by atoms with E-state index in [9.17, 15) is 0 Å². The zero-order valence-electron chi connectivity index (χ0n) is 10.5. The molecule has 0 aliphatic carbocycles. The van der Waals surface area contributed by atoms with Gasteiger partial charge in [-0.1, -0.05) is 34.8 Å². The molecule has 102 valence electrons. The molecule has 0 N–H and O–H groups in total. The van der Waals surface area contributed by atoms with Crippen molar-refractivity contribution >= 4 is 34.8 Å². The first kappa shape index (κ1) is 14.9. The van der Waals surface area contributed by atoms with Crippen LogP contribution in [-0.4, -0.2) is 12.1 Å². The minimum atomic E-state index is 0.209. The Hall–Kier alpha value is -1.47. The molecule has 20 heavy (non-hydrogen) atoms. The maximum atomic E-state index is 8.70. The maximum absolute atomic E-state index is 8.70. The van der Waals surface area contributed by atoms with E-state index < -0.39 is 0 Å². The molecule has 0 spiro atoms. The fourth-order valence-corrected chi connectivity index (χ4v) is 2.48. The van der Waals surface area contributed by atoms with Gasteiger partial charge in [-0.3, -0.25) is 0 Å². The van der Waals surface area contributed by atoms with Crippen molar-refractivity contribution in [3.8, 4) is 23.1 Å². The first-order valence-electron chi connectivity index (χ1n) is 5.62.